The number of para-hydroxylation sites is 1. The Morgan fingerprint density at radius 2 is 1.82 bits per heavy atom. The fourth-order valence-electron chi connectivity index (χ4n) is 1.80. The average molecular weight is 221 g/mol. The number of benzene rings is 1. The number of rotatable bonds is 1. The first-order valence-corrected chi connectivity index (χ1v) is 5.25. The second-order valence-electron chi connectivity index (χ2n) is 3.62. The van der Waals surface area contributed by atoms with Crippen LogP contribution in [0, 0.1) is 11.3 Å². The third-order valence-electron chi connectivity index (χ3n) is 2.57. The molecule has 0 amide bonds. The summed E-state index contributed by atoms with van der Waals surface area (Å²) < 4.78 is 1.86. The summed E-state index contributed by atoms with van der Waals surface area (Å²) in [5, 5.41) is 13.4. The van der Waals surface area contributed by atoms with E-state index in [9.17, 15) is 0 Å². The van der Waals surface area contributed by atoms with Gasteiger partial charge in [0.2, 0.25) is 5.52 Å². The van der Waals surface area contributed by atoms with Gasteiger partial charge in [0.15, 0.2) is 6.07 Å². The van der Waals surface area contributed by atoms with Crippen molar-refractivity contribution in [3.8, 4) is 11.8 Å². The van der Waals surface area contributed by atoms with Crippen molar-refractivity contribution in [1.82, 2.24) is 9.90 Å². The molecule has 0 saturated heterocycles. The summed E-state index contributed by atoms with van der Waals surface area (Å²) in [6.07, 6.45) is 1.89. The lowest BCUT2D eigenvalue weighted by Gasteiger charge is -1.94. The van der Waals surface area contributed by atoms with Crippen molar-refractivity contribution < 1.29 is 4.52 Å². The van der Waals surface area contributed by atoms with Gasteiger partial charge in [-0.3, -0.25) is 0 Å². The van der Waals surface area contributed by atoms with Gasteiger partial charge < -0.3 is 0 Å². The summed E-state index contributed by atoms with van der Waals surface area (Å²) >= 11 is 0. The Labute approximate surface area is 98.0 Å². The summed E-state index contributed by atoms with van der Waals surface area (Å²) in [4.78, 5) is 1.72. The van der Waals surface area contributed by atoms with E-state index in [-0.39, 0.29) is 0 Å². The standard InChI is InChI=1S/C13H9N4/c14-10-12-13-8-4-5-9-16(13)17(15-12)11-6-2-1-3-7-11/h1-9H/q+1. The van der Waals surface area contributed by atoms with E-state index in [1.807, 2.05) is 59.2 Å². The summed E-state index contributed by atoms with van der Waals surface area (Å²) in [5.74, 6) is 0. The lowest BCUT2D eigenvalue weighted by Crippen LogP contribution is -2.31. The summed E-state index contributed by atoms with van der Waals surface area (Å²) in [7, 11) is 0. The highest BCUT2D eigenvalue weighted by molar-refractivity contribution is 5.50. The number of hydrogen-bond donors (Lipinski definition) is 0. The molecule has 0 aliphatic carbocycles. The molecular weight excluding hydrogens is 212 g/mol. The van der Waals surface area contributed by atoms with Gasteiger partial charge >= 0.3 is 5.69 Å². The van der Waals surface area contributed by atoms with Gasteiger partial charge in [-0.2, -0.15) is 5.26 Å². The number of fused-ring (bicyclic) bond motifs is 1. The van der Waals surface area contributed by atoms with Crippen molar-refractivity contribution in [2.75, 3.05) is 0 Å². The Bertz CT molecular complexity index is 707. The molecule has 0 aliphatic heterocycles. The second-order valence-corrected chi connectivity index (χ2v) is 3.62. The van der Waals surface area contributed by atoms with E-state index in [1.165, 1.54) is 0 Å². The van der Waals surface area contributed by atoms with E-state index in [0.29, 0.717) is 5.69 Å². The average Bonchev–Trinajstić information content (AvgIpc) is 2.78. The van der Waals surface area contributed by atoms with Crippen molar-refractivity contribution in [3.05, 3.63) is 60.4 Å². The van der Waals surface area contributed by atoms with Crippen molar-refractivity contribution in [1.29, 1.82) is 5.26 Å². The Morgan fingerprint density at radius 1 is 1.06 bits per heavy atom. The molecule has 0 saturated carbocycles. The molecule has 4 heteroatoms. The molecule has 0 unspecified atom stereocenters. The van der Waals surface area contributed by atoms with Crippen LogP contribution >= 0.6 is 0 Å². The molecule has 3 aromatic rings. The largest absolute Gasteiger partial charge is 0.326 e. The Balaban J connectivity index is 2.35. The van der Waals surface area contributed by atoms with Gasteiger partial charge in [0.1, 0.15) is 11.9 Å². The van der Waals surface area contributed by atoms with Crippen LogP contribution in [0.5, 0.6) is 0 Å². The molecule has 0 bridgehead atoms. The first-order chi connectivity index (χ1) is 8.40. The molecule has 2 heterocycles. The molecule has 0 radical (unpaired) electrons. The van der Waals surface area contributed by atoms with Crippen LogP contribution < -0.4 is 4.52 Å². The summed E-state index contributed by atoms with van der Waals surface area (Å²) in [6.45, 7) is 0. The van der Waals surface area contributed by atoms with Crippen LogP contribution in [0.2, 0.25) is 0 Å². The molecule has 1 aromatic carbocycles. The van der Waals surface area contributed by atoms with E-state index in [2.05, 4.69) is 11.2 Å². The van der Waals surface area contributed by atoms with Gasteiger partial charge in [0.25, 0.3) is 0 Å². The van der Waals surface area contributed by atoms with Crippen molar-refractivity contribution in [2.45, 2.75) is 0 Å². The molecule has 2 aromatic heterocycles. The van der Waals surface area contributed by atoms with Crippen LogP contribution in [0.1, 0.15) is 5.69 Å². The van der Waals surface area contributed by atoms with Gasteiger partial charge in [0.05, 0.1) is 5.10 Å². The highest BCUT2D eigenvalue weighted by Crippen LogP contribution is 2.07. The predicted octanol–water partition coefficient (Wildman–Crippen LogP) is 1.48. The number of nitriles is 1. The maximum atomic E-state index is 9.06. The fourth-order valence-corrected chi connectivity index (χ4v) is 1.80. The number of hydrogen-bond acceptors (Lipinski definition) is 2. The molecule has 4 nitrogen and oxygen atoms in total. The maximum absolute atomic E-state index is 9.06. The third kappa shape index (κ3) is 1.45. The molecule has 80 valence electrons. The van der Waals surface area contributed by atoms with E-state index < -0.39 is 0 Å². The summed E-state index contributed by atoms with van der Waals surface area (Å²) in [5.41, 5.74) is 2.16. The van der Waals surface area contributed by atoms with Crippen LogP contribution in [0.25, 0.3) is 11.2 Å². The minimum atomic E-state index is 0.425. The van der Waals surface area contributed by atoms with Crippen LogP contribution in [0.3, 0.4) is 0 Å². The molecule has 17 heavy (non-hydrogen) atoms. The molecule has 3 rings (SSSR count). The van der Waals surface area contributed by atoms with Gasteiger partial charge in [-0.15, -0.1) is 4.52 Å². The van der Waals surface area contributed by atoms with E-state index in [1.54, 1.807) is 4.80 Å². The fraction of sp³-hybridized carbons (Fsp3) is 0. The smallest absolute Gasteiger partial charge is 0.188 e. The number of aromatic nitrogens is 3. The zero-order chi connectivity index (χ0) is 11.7. The Morgan fingerprint density at radius 3 is 2.59 bits per heavy atom. The highest BCUT2D eigenvalue weighted by atomic mass is 15.5. The Kier molecular flexibility index (Phi) is 2.09. The molecule has 0 aliphatic rings. The van der Waals surface area contributed by atoms with Crippen LogP contribution in [-0.4, -0.2) is 9.90 Å². The van der Waals surface area contributed by atoms with Crippen molar-refractivity contribution >= 4 is 5.52 Å². The van der Waals surface area contributed by atoms with Crippen LogP contribution in [-0.2, 0) is 0 Å². The van der Waals surface area contributed by atoms with E-state index in [4.69, 9.17) is 5.26 Å². The number of pyridine rings is 1. The molecule has 0 atom stereocenters. The number of nitrogens with zero attached hydrogens (tertiary/aromatic N) is 4. The van der Waals surface area contributed by atoms with E-state index in [0.717, 1.165) is 11.2 Å². The third-order valence-corrected chi connectivity index (χ3v) is 2.57. The first kappa shape index (κ1) is 9.55. The zero-order valence-corrected chi connectivity index (χ0v) is 8.99. The second kappa shape index (κ2) is 3.72. The minimum Gasteiger partial charge on any atom is -0.188 e. The van der Waals surface area contributed by atoms with Gasteiger partial charge in [-0.05, 0) is 29.1 Å². The SMILES string of the molecule is N#Cc1nn(-c2ccccc2)[n+]2ccccc12. The Hall–Kier alpha value is -2.67. The topological polar surface area (TPSA) is 45.7 Å². The predicted molar refractivity (Wildman–Crippen MR) is 61.4 cm³/mol. The molecule has 0 spiro atoms. The first-order valence-electron chi connectivity index (χ1n) is 5.25. The van der Waals surface area contributed by atoms with Gasteiger partial charge in [-0.1, -0.05) is 24.3 Å². The quantitative estimate of drug-likeness (QED) is 0.584. The maximum Gasteiger partial charge on any atom is 0.326 e. The van der Waals surface area contributed by atoms with E-state index >= 15 is 0 Å². The highest BCUT2D eigenvalue weighted by Gasteiger charge is 2.19. The zero-order valence-electron chi connectivity index (χ0n) is 8.99. The van der Waals surface area contributed by atoms with Crippen LogP contribution in [0.15, 0.2) is 54.7 Å². The van der Waals surface area contributed by atoms with Crippen molar-refractivity contribution in [2.24, 2.45) is 0 Å². The minimum absolute atomic E-state index is 0.425. The molecule has 0 N–H and O–H groups in total. The van der Waals surface area contributed by atoms with Crippen LogP contribution in [0.4, 0.5) is 0 Å². The van der Waals surface area contributed by atoms with Gasteiger partial charge in [0, 0.05) is 0 Å². The van der Waals surface area contributed by atoms with Gasteiger partial charge in [-0.25, -0.2) is 0 Å². The molecular formula is C13H9N4+. The van der Waals surface area contributed by atoms with Crippen molar-refractivity contribution in [3.63, 3.8) is 0 Å². The normalized spacial score (nSPS) is 10.3. The lowest BCUT2D eigenvalue weighted by molar-refractivity contribution is -0.603. The lowest BCUT2D eigenvalue weighted by atomic mass is 10.3. The summed E-state index contributed by atoms with van der Waals surface area (Å²) in [6, 6.07) is 17.5. The monoisotopic (exact) mass is 221 g/mol. The molecule has 0 fully saturated rings.